The molecule has 1 N–H and O–H groups in total. The molecule has 2 aromatic rings. The lowest BCUT2D eigenvalue weighted by Gasteiger charge is -2.12. The molecule has 0 saturated heterocycles. The molecular weight excluding hydrogens is 250 g/mol. The Hall–Kier alpha value is -2.16. The lowest BCUT2D eigenvalue weighted by Crippen LogP contribution is -2.11. The van der Waals surface area contributed by atoms with Crippen LogP contribution in [-0.4, -0.2) is 20.3 Å². The van der Waals surface area contributed by atoms with Gasteiger partial charge in [0.25, 0.3) is 0 Å². The van der Waals surface area contributed by atoms with Gasteiger partial charge in [-0.2, -0.15) is 0 Å². The smallest absolute Gasteiger partial charge is 0.161 e. The zero-order chi connectivity index (χ0) is 14.4. The van der Waals surface area contributed by atoms with Crippen LogP contribution in [0.1, 0.15) is 11.1 Å². The first-order valence-corrected chi connectivity index (χ1v) is 6.77. The highest BCUT2D eigenvalue weighted by atomic mass is 16.5. The van der Waals surface area contributed by atoms with Crippen molar-refractivity contribution in [1.82, 2.24) is 0 Å². The molecule has 3 heteroatoms. The molecule has 2 rings (SSSR count). The quantitative estimate of drug-likeness (QED) is 0.811. The SMILES string of the molecule is COc1cc(C)ccc1OCCNc1ccc(C)cc1. The van der Waals surface area contributed by atoms with Gasteiger partial charge in [-0.15, -0.1) is 0 Å². The molecular formula is C17H21NO2. The highest BCUT2D eigenvalue weighted by molar-refractivity contribution is 5.45. The molecule has 0 aromatic heterocycles. The predicted octanol–water partition coefficient (Wildman–Crippen LogP) is 3.80. The fourth-order valence-corrected chi connectivity index (χ4v) is 1.92. The zero-order valence-electron chi connectivity index (χ0n) is 12.3. The molecule has 0 spiro atoms. The standard InChI is InChI=1S/C17H21NO2/c1-13-4-7-15(8-5-13)18-10-11-20-16-9-6-14(2)12-17(16)19-3/h4-9,12,18H,10-11H2,1-3H3. The van der Waals surface area contributed by atoms with Gasteiger partial charge in [0.2, 0.25) is 0 Å². The summed E-state index contributed by atoms with van der Waals surface area (Å²) in [7, 11) is 1.66. The summed E-state index contributed by atoms with van der Waals surface area (Å²) in [6, 6.07) is 14.3. The van der Waals surface area contributed by atoms with Crippen LogP contribution in [0.2, 0.25) is 0 Å². The van der Waals surface area contributed by atoms with Crippen LogP contribution in [0.15, 0.2) is 42.5 Å². The first-order chi connectivity index (χ1) is 9.69. The second-order valence-corrected chi connectivity index (χ2v) is 4.80. The number of aryl methyl sites for hydroxylation is 2. The Morgan fingerprint density at radius 1 is 0.900 bits per heavy atom. The first-order valence-electron chi connectivity index (χ1n) is 6.77. The van der Waals surface area contributed by atoms with E-state index in [4.69, 9.17) is 9.47 Å². The first kappa shape index (κ1) is 14.3. The summed E-state index contributed by atoms with van der Waals surface area (Å²) in [5.74, 6) is 1.56. The third-order valence-electron chi connectivity index (χ3n) is 3.06. The van der Waals surface area contributed by atoms with E-state index in [0.29, 0.717) is 6.61 Å². The van der Waals surface area contributed by atoms with Crippen molar-refractivity contribution in [3.05, 3.63) is 53.6 Å². The van der Waals surface area contributed by atoms with E-state index in [1.54, 1.807) is 7.11 Å². The van der Waals surface area contributed by atoms with Gasteiger partial charge < -0.3 is 14.8 Å². The lowest BCUT2D eigenvalue weighted by atomic mass is 10.2. The van der Waals surface area contributed by atoms with E-state index in [-0.39, 0.29) is 0 Å². The van der Waals surface area contributed by atoms with Gasteiger partial charge in [-0.3, -0.25) is 0 Å². The van der Waals surface area contributed by atoms with E-state index in [1.165, 1.54) is 5.56 Å². The number of ether oxygens (including phenoxy) is 2. The second kappa shape index (κ2) is 6.85. The number of methoxy groups -OCH3 is 1. The van der Waals surface area contributed by atoms with Crippen molar-refractivity contribution in [2.24, 2.45) is 0 Å². The van der Waals surface area contributed by atoms with Gasteiger partial charge in [-0.1, -0.05) is 23.8 Å². The second-order valence-electron chi connectivity index (χ2n) is 4.80. The summed E-state index contributed by atoms with van der Waals surface area (Å²) in [6.07, 6.45) is 0. The van der Waals surface area contributed by atoms with Gasteiger partial charge in [-0.25, -0.2) is 0 Å². The van der Waals surface area contributed by atoms with Crippen LogP contribution in [-0.2, 0) is 0 Å². The summed E-state index contributed by atoms with van der Waals surface area (Å²) < 4.78 is 11.1. The van der Waals surface area contributed by atoms with Gasteiger partial charge in [0.1, 0.15) is 6.61 Å². The minimum Gasteiger partial charge on any atom is -0.493 e. The molecule has 2 aromatic carbocycles. The Labute approximate surface area is 120 Å². The van der Waals surface area contributed by atoms with Crippen LogP contribution in [0.5, 0.6) is 11.5 Å². The maximum atomic E-state index is 5.74. The summed E-state index contributed by atoms with van der Waals surface area (Å²) in [5.41, 5.74) is 3.53. The normalized spacial score (nSPS) is 10.2. The molecule has 0 saturated carbocycles. The van der Waals surface area contributed by atoms with Crippen molar-refractivity contribution in [3.8, 4) is 11.5 Å². The van der Waals surface area contributed by atoms with E-state index in [1.807, 2.05) is 25.1 Å². The Morgan fingerprint density at radius 3 is 2.30 bits per heavy atom. The molecule has 0 bridgehead atoms. The van der Waals surface area contributed by atoms with Crippen LogP contribution in [0.4, 0.5) is 5.69 Å². The molecule has 0 radical (unpaired) electrons. The number of hydrogen-bond acceptors (Lipinski definition) is 3. The van der Waals surface area contributed by atoms with Gasteiger partial charge in [-0.05, 0) is 43.7 Å². The Balaban J connectivity index is 1.82. The van der Waals surface area contributed by atoms with Gasteiger partial charge >= 0.3 is 0 Å². The van der Waals surface area contributed by atoms with E-state index in [9.17, 15) is 0 Å². The maximum Gasteiger partial charge on any atom is 0.161 e. The summed E-state index contributed by atoms with van der Waals surface area (Å²) in [5, 5.41) is 3.33. The van der Waals surface area contributed by atoms with E-state index in [2.05, 4.69) is 36.5 Å². The van der Waals surface area contributed by atoms with Crippen LogP contribution >= 0.6 is 0 Å². The molecule has 0 fully saturated rings. The lowest BCUT2D eigenvalue weighted by molar-refractivity contribution is 0.305. The zero-order valence-corrected chi connectivity index (χ0v) is 12.3. The number of rotatable bonds is 6. The number of benzene rings is 2. The van der Waals surface area contributed by atoms with Gasteiger partial charge in [0.15, 0.2) is 11.5 Å². The van der Waals surface area contributed by atoms with Crippen molar-refractivity contribution in [1.29, 1.82) is 0 Å². The van der Waals surface area contributed by atoms with Crippen LogP contribution < -0.4 is 14.8 Å². The Morgan fingerprint density at radius 2 is 1.60 bits per heavy atom. The van der Waals surface area contributed by atoms with Gasteiger partial charge in [0, 0.05) is 12.2 Å². The van der Waals surface area contributed by atoms with E-state index in [0.717, 1.165) is 29.3 Å². The highest BCUT2D eigenvalue weighted by Crippen LogP contribution is 2.27. The predicted molar refractivity (Wildman–Crippen MR) is 82.9 cm³/mol. The van der Waals surface area contributed by atoms with Crippen LogP contribution in [0, 0.1) is 13.8 Å². The topological polar surface area (TPSA) is 30.5 Å². The van der Waals surface area contributed by atoms with E-state index >= 15 is 0 Å². The molecule has 0 amide bonds. The Kier molecular flexibility index (Phi) is 4.88. The van der Waals surface area contributed by atoms with Gasteiger partial charge in [0.05, 0.1) is 7.11 Å². The van der Waals surface area contributed by atoms with Crippen molar-refractivity contribution in [3.63, 3.8) is 0 Å². The largest absolute Gasteiger partial charge is 0.493 e. The molecule has 106 valence electrons. The summed E-state index contributed by atoms with van der Waals surface area (Å²) in [6.45, 7) is 5.45. The number of nitrogens with one attached hydrogen (secondary N) is 1. The number of hydrogen-bond donors (Lipinski definition) is 1. The highest BCUT2D eigenvalue weighted by Gasteiger charge is 2.03. The molecule has 0 aliphatic carbocycles. The summed E-state index contributed by atoms with van der Waals surface area (Å²) >= 11 is 0. The fraction of sp³-hybridized carbons (Fsp3) is 0.294. The Bertz CT molecular complexity index is 549. The monoisotopic (exact) mass is 271 g/mol. The molecule has 0 atom stereocenters. The third-order valence-corrected chi connectivity index (χ3v) is 3.06. The molecule has 0 aliphatic rings. The molecule has 20 heavy (non-hydrogen) atoms. The minimum absolute atomic E-state index is 0.591. The minimum atomic E-state index is 0.591. The fourth-order valence-electron chi connectivity index (χ4n) is 1.92. The summed E-state index contributed by atoms with van der Waals surface area (Å²) in [4.78, 5) is 0. The van der Waals surface area contributed by atoms with Crippen LogP contribution in [0.3, 0.4) is 0 Å². The average Bonchev–Trinajstić information content (AvgIpc) is 2.46. The van der Waals surface area contributed by atoms with Crippen molar-refractivity contribution in [2.45, 2.75) is 13.8 Å². The molecule has 3 nitrogen and oxygen atoms in total. The number of anilines is 1. The van der Waals surface area contributed by atoms with Crippen molar-refractivity contribution < 1.29 is 9.47 Å². The third kappa shape index (κ3) is 3.92. The van der Waals surface area contributed by atoms with Crippen LogP contribution in [0.25, 0.3) is 0 Å². The molecule has 0 unspecified atom stereocenters. The molecule has 0 aliphatic heterocycles. The van der Waals surface area contributed by atoms with Crippen molar-refractivity contribution >= 4 is 5.69 Å². The molecule has 0 heterocycles. The maximum absolute atomic E-state index is 5.74. The van der Waals surface area contributed by atoms with E-state index < -0.39 is 0 Å². The average molecular weight is 271 g/mol. The van der Waals surface area contributed by atoms with Crippen molar-refractivity contribution in [2.75, 3.05) is 25.6 Å².